The summed E-state index contributed by atoms with van der Waals surface area (Å²) in [7, 11) is 0. The van der Waals surface area contributed by atoms with E-state index in [1.165, 1.54) is 17.1 Å². The Kier molecular flexibility index (Phi) is 5.03. The molecule has 0 aliphatic carbocycles. The van der Waals surface area contributed by atoms with Crippen molar-refractivity contribution in [3.63, 3.8) is 0 Å². The maximum Gasteiger partial charge on any atom is 0.573 e. The second-order valence-corrected chi connectivity index (χ2v) is 5.87. The van der Waals surface area contributed by atoms with E-state index in [0.29, 0.717) is 23.7 Å². The average molecular weight is 384 g/mol. The number of halogens is 4. The molecule has 3 rings (SSSR count). The van der Waals surface area contributed by atoms with E-state index in [0.717, 1.165) is 23.4 Å². The number of ether oxygens (including phenoxy) is 1. The van der Waals surface area contributed by atoms with Crippen LogP contribution in [-0.2, 0) is 0 Å². The van der Waals surface area contributed by atoms with Crippen molar-refractivity contribution >= 4 is 29.0 Å². The Balaban J connectivity index is 1.62. The molecule has 2 amide bonds. The number of alkyl halides is 3. The second-order valence-electron chi connectivity index (χ2n) is 5.43. The van der Waals surface area contributed by atoms with Gasteiger partial charge >= 0.3 is 12.4 Å². The molecule has 2 aromatic carbocycles. The molecule has 0 saturated carbocycles. The predicted molar refractivity (Wildman–Crippen MR) is 91.5 cm³/mol. The van der Waals surface area contributed by atoms with Crippen LogP contribution in [0.3, 0.4) is 0 Å². The fourth-order valence-corrected chi connectivity index (χ4v) is 2.50. The SMILES string of the molecule is O=C(Nc1ccc(OC(F)(F)F)cc1)N1CCC(c2ccc(Cl)cc2)=N1. The van der Waals surface area contributed by atoms with E-state index >= 15 is 0 Å². The summed E-state index contributed by atoms with van der Waals surface area (Å²) < 4.78 is 40.2. The van der Waals surface area contributed by atoms with Gasteiger partial charge in [0.2, 0.25) is 0 Å². The second kappa shape index (κ2) is 7.25. The molecule has 1 aliphatic heterocycles. The number of benzene rings is 2. The van der Waals surface area contributed by atoms with Gasteiger partial charge in [0.1, 0.15) is 5.75 Å². The lowest BCUT2D eigenvalue weighted by Gasteiger charge is -2.13. The van der Waals surface area contributed by atoms with Crippen molar-refractivity contribution in [3.05, 3.63) is 59.1 Å². The van der Waals surface area contributed by atoms with E-state index in [1.807, 2.05) is 12.1 Å². The van der Waals surface area contributed by atoms with Gasteiger partial charge in [-0.05, 0) is 42.0 Å². The summed E-state index contributed by atoms with van der Waals surface area (Å²) in [6, 6.07) is 11.5. The van der Waals surface area contributed by atoms with E-state index in [-0.39, 0.29) is 5.75 Å². The lowest BCUT2D eigenvalue weighted by atomic mass is 10.1. The van der Waals surface area contributed by atoms with E-state index < -0.39 is 12.4 Å². The largest absolute Gasteiger partial charge is 0.573 e. The van der Waals surface area contributed by atoms with Crippen LogP contribution in [0.1, 0.15) is 12.0 Å². The minimum Gasteiger partial charge on any atom is -0.406 e. The monoisotopic (exact) mass is 383 g/mol. The maximum atomic E-state index is 12.2. The Morgan fingerprint density at radius 2 is 1.77 bits per heavy atom. The van der Waals surface area contributed by atoms with E-state index in [9.17, 15) is 18.0 Å². The zero-order valence-electron chi connectivity index (χ0n) is 13.3. The van der Waals surface area contributed by atoms with Crippen LogP contribution in [-0.4, -0.2) is 29.7 Å². The molecule has 0 aromatic heterocycles. The molecule has 26 heavy (non-hydrogen) atoms. The number of amides is 2. The Labute approximate surface area is 152 Å². The lowest BCUT2D eigenvalue weighted by Crippen LogP contribution is -2.28. The van der Waals surface area contributed by atoms with Gasteiger partial charge in [-0.15, -0.1) is 13.2 Å². The highest BCUT2D eigenvalue weighted by Gasteiger charge is 2.31. The molecule has 0 spiro atoms. The first-order chi connectivity index (χ1) is 12.3. The van der Waals surface area contributed by atoms with Crippen LogP contribution < -0.4 is 10.1 Å². The molecule has 0 fully saturated rings. The Morgan fingerprint density at radius 3 is 2.38 bits per heavy atom. The Bertz CT molecular complexity index is 821. The van der Waals surface area contributed by atoms with Crippen molar-refractivity contribution < 1.29 is 22.7 Å². The molecule has 1 N–H and O–H groups in total. The van der Waals surface area contributed by atoms with Gasteiger partial charge in [0.15, 0.2) is 0 Å². The normalized spacial score (nSPS) is 14.2. The molecule has 0 unspecified atom stereocenters. The summed E-state index contributed by atoms with van der Waals surface area (Å²) in [4.78, 5) is 12.2. The van der Waals surface area contributed by atoms with Crippen molar-refractivity contribution in [2.75, 3.05) is 11.9 Å². The van der Waals surface area contributed by atoms with Gasteiger partial charge in [-0.1, -0.05) is 23.7 Å². The summed E-state index contributed by atoms with van der Waals surface area (Å²) in [6.07, 6.45) is -4.17. The number of anilines is 1. The quantitative estimate of drug-likeness (QED) is 0.821. The van der Waals surface area contributed by atoms with Crippen LogP contribution in [0.5, 0.6) is 5.75 Å². The molecule has 0 atom stereocenters. The molecule has 0 saturated heterocycles. The van der Waals surface area contributed by atoms with Crippen LogP contribution in [0, 0.1) is 0 Å². The lowest BCUT2D eigenvalue weighted by molar-refractivity contribution is -0.274. The molecular weight excluding hydrogens is 371 g/mol. The van der Waals surface area contributed by atoms with Gasteiger partial charge in [0.25, 0.3) is 0 Å². The first-order valence-corrected chi connectivity index (χ1v) is 7.96. The van der Waals surface area contributed by atoms with Gasteiger partial charge in [0, 0.05) is 17.1 Å². The van der Waals surface area contributed by atoms with Gasteiger partial charge in [-0.25, -0.2) is 9.80 Å². The summed E-state index contributed by atoms with van der Waals surface area (Å²) in [5.74, 6) is -0.361. The smallest absolute Gasteiger partial charge is 0.406 e. The highest BCUT2D eigenvalue weighted by Crippen LogP contribution is 2.24. The van der Waals surface area contributed by atoms with Crippen molar-refractivity contribution in [2.45, 2.75) is 12.8 Å². The van der Waals surface area contributed by atoms with Crippen molar-refractivity contribution in [1.29, 1.82) is 0 Å². The molecular formula is C17H13ClF3N3O2. The average Bonchev–Trinajstić information content (AvgIpc) is 3.06. The maximum absolute atomic E-state index is 12.2. The van der Waals surface area contributed by atoms with Crippen molar-refractivity contribution in [1.82, 2.24) is 5.01 Å². The van der Waals surface area contributed by atoms with Gasteiger partial charge in [-0.2, -0.15) is 5.10 Å². The molecule has 0 radical (unpaired) electrons. The number of hydrogen-bond donors (Lipinski definition) is 1. The minimum atomic E-state index is -4.76. The van der Waals surface area contributed by atoms with E-state index in [4.69, 9.17) is 11.6 Å². The third-order valence-electron chi connectivity index (χ3n) is 3.55. The minimum absolute atomic E-state index is 0.333. The number of hydrazone groups is 1. The van der Waals surface area contributed by atoms with Crippen LogP contribution in [0.2, 0.25) is 5.02 Å². The molecule has 136 valence electrons. The zero-order chi connectivity index (χ0) is 18.7. The molecule has 1 aliphatic rings. The van der Waals surface area contributed by atoms with Gasteiger partial charge < -0.3 is 10.1 Å². The fourth-order valence-electron chi connectivity index (χ4n) is 2.38. The zero-order valence-corrected chi connectivity index (χ0v) is 14.0. The standard InChI is InChI=1S/C17H13ClF3N3O2/c18-12-3-1-11(2-4-12)15-9-10-24(23-15)16(25)22-13-5-7-14(8-6-13)26-17(19,20)21/h1-8H,9-10H2,(H,22,25). The summed E-state index contributed by atoms with van der Waals surface area (Å²) in [5.41, 5.74) is 1.96. The summed E-state index contributed by atoms with van der Waals surface area (Å²) in [5, 5.41) is 8.73. The summed E-state index contributed by atoms with van der Waals surface area (Å²) in [6.45, 7) is 0.402. The van der Waals surface area contributed by atoms with E-state index in [2.05, 4.69) is 15.2 Å². The third-order valence-corrected chi connectivity index (χ3v) is 3.80. The molecule has 1 heterocycles. The molecule has 5 nitrogen and oxygen atoms in total. The predicted octanol–water partition coefficient (Wildman–Crippen LogP) is 4.88. The van der Waals surface area contributed by atoms with E-state index in [1.54, 1.807) is 12.1 Å². The number of urea groups is 1. The fraction of sp³-hybridized carbons (Fsp3) is 0.176. The number of nitrogens with zero attached hydrogens (tertiary/aromatic N) is 2. The topological polar surface area (TPSA) is 53.9 Å². The van der Waals surface area contributed by atoms with Gasteiger partial charge in [0.05, 0.1) is 12.3 Å². The highest BCUT2D eigenvalue weighted by molar-refractivity contribution is 6.30. The highest BCUT2D eigenvalue weighted by atomic mass is 35.5. The van der Waals surface area contributed by atoms with Crippen LogP contribution in [0.4, 0.5) is 23.7 Å². The Morgan fingerprint density at radius 1 is 1.12 bits per heavy atom. The van der Waals surface area contributed by atoms with Crippen LogP contribution in [0.25, 0.3) is 0 Å². The van der Waals surface area contributed by atoms with Gasteiger partial charge in [-0.3, -0.25) is 0 Å². The number of carbonyl (C=O) groups excluding carboxylic acids is 1. The van der Waals surface area contributed by atoms with Crippen LogP contribution >= 0.6 is 11.6 Å². The van der Waals surface area contributed by atoms with Crippen LogP contribution in [0.15, 0.2) is 53.6 Å². The number of nitrogens with one attached hydrogen (secondary N) is 1. The first kappa shape index (κ1) is 18.1. The number of rotatable bonds is 3. The van der Waals surface area contributed by atoms with Crippen molar-refractivity contribution in [2.24, 2.45) is 5.10 Å². The molecule has 2 aromatic rings. The Hall–Kier alpha value is -2.74. The third kappa shape index (κ3) is 4.66. The summed E-state index contributed by atoms with van der Waals surface area (Å²) >= 11 is 5.85. The molecule has 0 bridgehead atoms. The number of carbonyl (C=O) groups is 1. The molecule has 9 heteroatoms. The van der Waals surface area contributed by atoms with Crippen molar-refractivity contribution in [3.8, 4) is 5.75 Å². The number of hydrogen-bond acceptors (Lipinski definition) is 3. The first-order valence-electron chi connectivity index (χ1n) is 7.58.